The summed E-state index contributed by atoms with van der Waals surface area (Å²) >= 11 is 13.5. The van der Waals surface area contributed by atoms with Gasteiger partial charge in [-0.05, 0) is 60.7 Å². The first kappa shape index (κ1) is 29.3. The van der Waals surface area contributed by atoms with Gasteiger partial charge in [-0.3, -0.25) is 4.79 Å². The van der Waals surface area contributed by atoms with E-state index in [0.717, 1.165) is 27.6 Å². The summed E-state index contributed by atoms with van der Waals surface area (Å²) in [6, 6.07) is 22.2. The first-order valence-corrected chi connectivity index (χ1v) is 16.9. The van der Waals surface area contributed by atoms with Crippen LogP contribution in [0.2, 0.25) is 10.0 Å². The standard InChI is InChI=1S/C31H30Cl2N4O3S2/c1-21-20-36(30-34-29(35-41-30)31(15-13-25(38)14-16-31)24-5-3-2-4-6-24)17-18-37(21)42(39,40)26-10-7-22(8-11-26)23-9-12-27(32)28(33)19-23/h2-12,19,21H,13-18,20H2,1H3. The summed E-state index contributed by atoms with van der Waals surface area (Å²) in [5.41, 5.74) is 2.47. The molecular formula is C31H30Cl2N4O3S2. The lowest BCUT2D eigenvalue weighted by atomic mass is 9.68. The number of nitrogens with zero attached hydrogens (tertiary/aromatic N) is 4. The van der Waals surface area contributed by atoms with Gasteiger partial charge in [0.15, 0.2) is 5.82 Å². The van der Waals surface area contributed by atoms with Crippen LogP contribution in [-0.4, -0.2) is 53.5 Å². The molecule has 0 spiro atoms. The van der Waals surface area contributed by atoms with E-state index < -0.39 is 10.0 Å². The third-order valence-electron chi connectivity index (χ3n) is 8.38. The molecule has 218 valence electrons. The molecule has 0 radical (unpaired) electrons. The van der Waals surface area contributed by atoms with E-state index in [9.17, 15) is 13.2 Å². The highest BCUT2D eigenvalue weighted by Gasteiger charge is 2.42. The Labute approximate surface area is 260 Å². The molecule has 2 heterocycles. The first-order valence-electron chi connectivity index (χ1n) is 13.9. The summed E-state index contributed by atoms with van der Waals surface area (Å²) in [5, 5.41) is 1.70. The molecule has 1 unspecified atom stereocenters. The molecule has 2 fully saturated rings. The van der Waals surface area contributed by atoms with Gasteiger partial charge in [-0.25, -0.2) is 13.4 Å². The fraction of sp³-hybridized carbons (Fsp3) is 0.323. The number of carbonyl (C=O) groups excluding carboxylic acids is 1. The Balaban J connectivity index is 1.18. The summed E-state index contributed by atoms with van der Waals surface area (Å²) in [7, 11) is -3.70. The number of anilines is 1. The van der Waals surface area contributed by atoms with E-state index >= 15 is 0 Å². The van der Waals surface area contributed by atoms with Crippen molar-refractivity contribution in [2.75, 3.05) is 24.5 Å². The molecule has 1 aromatic heterocycles. The molecule has 11 heteroatoms. The van der Waals surface area contributed by atoms with Crippen molar-refractivity contribution in [3.8, 4) is 11.1 Å². The second kappa shape index (κ2) is 11.7. The Bertz CT molecular complexity index is 1700. The number of carbonyl (C=O) groups is 1. The van der Waals surface area contributed by atoms with Crippen molar-refractivity contribution in [3.63, 3.8) is 0 Å². The zero-order chi connectivity index (χ0) is 29.5. The van der Waals surface area contributed by atoms with Gasteiger partial charge in [0.2, 0.25) is 15.2 Å². The summed E-state index contributed by atoms with van der Waals surface area (Å²) in [6.07, 6.45) is 2.42. The molecule has 6 rings (SSSR count). The molecule has 1 saturated heterocycles. The lowest BCUT2D eigenvalue weighted by Gasteiger charge is -2.38. The Kier molecular flexibility index (Phi) is 8.15. The first-order chi connectivity index (χ1) is 20.2. The van der Waals surface area contributed by atoms with Crippen molar-refractivity contribution < 1.29 is 13.2 Å². The number of hydrogen-bond donors (Lipinski definition) is 0. The van der Waals surface area contributed by atoms with E-state index in [2.05, 4.69) is 17.0 Å². The van der Waals surface area contributed by atoms with Crippen molar-refractivity contribution in [1.29, 1.82) is 0 Å². The Morgan fingerprint density at radius 2 is 1.60 bits per heavy atom. The van der Waals surface area contributed by atoms with Gasteiger partial charge in [-0.1, -0.05) is 71.7 Å². The molecule has 0 N–H and O–H groups in total. The molecule has 3 aromatic carbocycles. The Morgan fingerprint density at radius 3 is 2.26 bits per heavy atom. The van der Waals surface area contributed by atoms with E-state index in [1.165, 1.54) is 11.5 Å². The van der Waals surface area contributed by atoms with Crippen molar-refractivity contribution in [3.05, 3.63) is 94.2 Å². The molecule has 7 nitrogen and oxygen atoms in total. The summed E-state index contributed by atoms with van der Waals surface area (Å²) in [6.45, 7) is 3.28. The average Bonchev–Trinajstić information content (AvgIpc) is 3.51. The minimum atomic E-state index is -3.70. The predicted molar refractivity (Wildman–Crippen MR) is 168 cm³/mol. The number of rotatable bonds is 6. The highest BCUT2D eigenvalue weighted by molar-refractivity contribution is 7.89. The van der Waals surface area contributed by atoms with Gasteiger partial charge in [0.1, 0.15) is 5.78 Å². The lowest BCUT2D eigenvalue weighted by molar-refractivity contribution is -0.121. The number of ketones is 1. The van der Waals surface area contributed by atoms with Crippen LogP contribution in [0.1, 0.15) is 44.0 Å². The number of piperazine rings is 1. The highest BCUT2D eigenvalue weighted by atomic mass is 35.5. The molecule has 0 amide bonds. The van der Waals surface area contributed by atoms with Crippen LogP contribution in [-0.2, 0) is 20.2 Å². The molecule has 0 bridgehead atoms. The molecule has 2 aliphatic rings. The number of benzene rings is 3. The highest BCUT2D eigenvalue weighted by Crippen LogP contribution is 2.44. The van der Waals surface area contributed by atoms with Crippen LogP contribution in [0.3, 0.4) is 0 Å². The van der Waals surface area contributed by atoms with Crippen LogP contribution >= 0.6 is 34.7 Å². The van der Waals surface area contributed by atoms with Crippen LogP contribution < -0.4 is 4.90 Å². The maximum absolute atomic E-state index is 13.6. The predicted octanol–water partition coefficient (Wildman–Crippen LogP) is 6.84. The van der Waals surface area contributed by atoms with Crippen molar-refractivity contribution in [1.82, 2.24) is 13.7 Å². The monoisotopic (exact) mass is 640 g/mol. The smallest absolute Gasteiger partial charge is 0.243 e. The van der Waals surface area contributed by atoms with E-state index in [1.807, 2.05) is 31.2 Å². The van der Waals surface area contributed by atoms with Crippen LogP contribution in [0.25, 0.3) is 11.1 Å². The maximum Gasteiger partial charge on any atom is 0.243 e. The molecule has 42 heavy (non-hydrogen) atoms. The largest absolute Gasteiger partial charge is 0.344 e. The number of hydrogen-bond acceptors (Lipinski definition) is 7. The Hall–Kier alpha value is -2.82. The molecule has 1 atom stereocenters. The maximum atomic E-state index is 13.6. The van der Waals surface area contributed by atoms with E-state index in [1.54, 1.807) is 40.7 Å². The van der Waals surface area contributed by atoms with Gasteiger partial charge < -0.3 is 4.90 Å². The summed E-state index contributed by atoms with van der Waals surface area (Å²) in [5.74, 6) is 1.04. The van der Waals surface area contributed by atoms with Gasteiger partial charge in [0.25, 0.3) is 0 Å². The molecule has 1 aliphatic heterocycles. The lowest BCUT2D eigenvalue weighted by Crippen LogP contribution is -2.54. The average molecular weight is 642 g/mol. The second-order valence-corrected chi connectivity index (χ2v) is 14.4. The van der Waals surface area contributed by atoms with Crippen LogP contribution in [0.5, 0.6) is 0 Å². The molecule has 1 saturated carbocycles. The summed E-state index contributed by atoms with van der Waals surface area (Å²) in [4.78, 5) is 19.5. The van der Waals surface area contributed by atoms with Crippen molar-refractivity contribution in [2.45, 2.75) is 49.0 Å². The normalized spacial score (nSPS) is 19.6. The van der Waals surface area contributed by atoms with Crippen LogP contribution in [0.4, 0.5) is 5.13 Å². The third-order valence-corrected chi connectivity index (χ3v) is 11.9. The zero-order valence-corrected chi connectivity index (χ0v) is 26.2. The zero-order valence-electron chi connectivity index (χ0n) is 23.0. The van der Waals surface area contributed by atoms with Crippen LogP contribution in [0.15, 0.2) is 77.7 Å². The fourth-order valence-corrected chi connectivity index (χ4v) is 8.70. The van der Waals surface area contributed by atoms with Gasteiger partial charge in [0.05, 0.1) is 20.4 Å². The van der Waals surface area contributed by atoms with E-state index in [0.29, 0.717) is 55.4 Å². The van der Waals surface area contributed by atoms with Gasteiger partial charge in [0, 0.05) is 50.1 Å². The van der Waals surface area contributed by atoms with Gasteiger partial charge in [-0.2, -0.15) is 8.68 Å². The molecule has 1 aliphatic carbocycles. The number of Topliss-reactive ketones (excluding diaryl/α,β-unsaturated/α-hetero) is 1. The minimum absolute atomic E-state index is 0.251. The van der Waals surface area contributed by atoms with E-state index in [4.69, 9.17) is 32.6 Å². The second-order valence-electron chi connectivity index (χ2n) is 11.0. The van der Waals surface area contributed by atoms with Crippen LogP contribution in [0, 0.1) is 0 Å². The fourth-order valence-electron chi connectivity index (χ4n) is 5.99. The van der Waals surface area contributed by atoms with Crippen molar-refractivity contribution in [2.24, 2.45) is 0 Å². The third kappa shape index (κ3) is 5.49. The summed E-state index contributed by atoms with van der Waals surface area (Å²) < 4.78 is 33.6. The molecular weight excluding hydrogens is 611 g/mol. The number of halogens is 2. The minimum Gasteiger partial charge on any atom is -0.344 e. The SMILES string of the molecule is CC1CN(c2nc(C3(c4ccccc4)CCC(=O)CC3)ns2)CCN1S(=O)(=O)c1ccc(-c2ccc(Cl)c(Cl)c2)cc1. The number of aromatic nitrogens is 2. The van der Waals surface area contributed by atoms with Crippen molar-refractivity contribution >= 4 is 55.7 Å². The quantitative estimate of drug-likeness (QED) is 0.229. The van der Waals surface area contributed by atoms with Gasteiger partial charge in [-0.15, -0.1) is 0 Å². The molecule has 4 aromatic rings. The number of sulfonamides is 1. The van der Waals surface area contributed by atoms with Gasteiger partial charge >= 0.3 is 0 Å². The van der Waals surface area contributed by atoms with E-state index in [-0.39, 0.29) is 22.1 Å². The topological polar surface area (TPSA) is 83.5 Å². The Morgan fingerprint density at radius 1 is 0.905 bits per heavy atom.